The van der Waals surface area contributed by atoms with Gasteiger partial charge in [0.2, 0.25) is 0 Å². The molecule has 12 nitrogen and oxygen atoms in total. The van der Waals surface area contributed by atoms with Crippen molar-refractivity contribution >= 4 is 27.6 Å². The Kier molecular flexibility index (Phi) is 11.3. The summed E-state index contributed by atoms with van der Waals surface area (Å²) in [6, 6.07) is 14.2. The van der Waals surface area contributed by atoms with Crippen LogP contribution in [0.3, 0.4) is 0 Å². The average Bonchev–Trinajstić information content (AvgIpc) is 3.80. The molecule has 298 valence electrons. The monoisotopic (exact) mass is 778 g/mol. The van der Waals surface area contributed by atoms with E-state index in [1.807, 2.05) is 29.1 Å². The molecule has 4 heterocycles. The van der Waals surface area contributed by atoms with Crippen molar-refractivity contribution in [3.63, 3.8) is 0 Å². The molecule has 55 heavy (non-hydrogen) atoms. The van der Waals surface area contributed by atoms with Crippen LogP contribution < -0.4 is 4.90 Å². The van der Waals surface area contributed by atoms with Crippen molar-refractivity contribution < 1.29 is 31.9 Å². The van der Waals surface area contributed by atoms with Crippen LogP contribution >= 0.6 is 0 Å². The number of halogens is 1. The van der Waals surface area contributed by atoms with E-state index in [1.165, 1.54) is 18.1 Å². The first-order chi connectivity index (χ1) is 26.2. The van der Waals surface area contributed by atoms with E-state index in [9.17, 15) is 18.0 Å². The highest BCUT2D eigenvalue weighted by molar-refractivity contribution is 7.92. The second-order valence-electron chi connectivity index (χ2n) is 17.1. The molecule has 7 rings (SSSR count). The number of anilines is 1. The van der Waals surface area contributed by atoms with Gasteiger partial charge in [-0.15, -0.1) is 5.10 Å². The highest BCUT2D eigenvalue weighted by Crippen LogP contribution is 2.54. The molecule has 0 spiro atoms. The number of rotatable bonds is 12. The molecule has 1 aromatic heterocycles. The van der Waals surface area contributed by atoms with Crippen molar-refractivity contribution in [3.8, 4) is 0 Å². The maximum atomic E-state index is 15.0. The number of methoxy groups -OCH3 is 1. The first-order valence-electron chi connectivity index (χ1n) is 19.7. The van der Waals surface area contributed by atoms with Gasteiger partial charge in [-0.05, 0) is 119 Å². The van der Waals surface area contributed by atoms with Crippen LogP contribution in [0.1, 0.15) is 64.9 Å². The second-order valence-corrected chi connectivity index (χ2v) is 19.3. The molecule has 1 saturated carbocycles. The third-order valence-corrected chi connectivity index (χ3v) is 14.6. The van der Waals surface area contributed by atoms with E-state index in [4.69, 9.17) is 9.47 Å². The van der Waals surface area contributed by atoms with Crippen LogP contribution in [-0.4, -0.2) is 109 Å². The molecule has 0 unspecified atom stereocenters. The first-order valence-corrected chi connectivity index (χ1v) is 21.3. The number of ether oxygens (including phenoxy) is 2. The highest BCUT2D eigenvalue weighted by Gasteiger charge is 2.52. The molecule has 1 amide bonds. The van der Waals surface area contributed by atoms with Crippen molar-refractivity contribution in [2.45, 2.75) is 87.0 Å². The summed E-state index contributed by atoms with van der Waals surface area (Å²) in [7, 11) is -2.11. The zero-order chi connectivity index (χ0) is 39.0. The number of hydrogen-bond acceptors (Lipinski definition) is 10. The lowest BCUT2D eigenvalue weighted by molar-refractivity contribution is -0.142. The topological polar surface area (TPSA) is 127 Å². The number of carbonyl (C=O) groups excluding carboxylic acids is 2. The van der Waals surface area contributed by atoms with Crippen molar-refractivity contribution in [2.24, 2.45) is 23.7 Å². The number of hydrogen-bond donors (Lipinski definition) is 0. The molecule has 3 aromatic rings. The maximum Gasteiger partial charge on any atom is 0.410 e. The normalized spacial score (nSPS) is 22.9. The molecular formula is C41H55FN6O6S. The lowest BCUT2D eigenvalue weighted by atomic mass is 9.57. The summed E-state index contributed by atoms with van der Waals surface area (Å²) in [6.45, 7) is 10.9. The lowest BCUT2D eigenvalue weighted by Gasteiger charge is -2.51. The van der Waals surface area contributed by atoms with Crippen LogP contribution in [0.2, 0.25) is 0 Å². The summed E-state index contributed by atoms with van der Waals surface area (Å²) in [6.07, 6.45) is 8.29. The highest BCUT2D eigenvalue weighted by atomic mass is 32.2. The van der Waals surface area contributed by atoms with Crippen molar-refractivity contribution in [2.75, 3.05) is 57.8 Å². The van der Waals surface area contributed by atoms with E-state index in [0.717, 1.165) is 76.1 Å². The maximum absolute atomic E-state index is 15.0. The predicted molar refractivity (Wildman–Crippen MR) is 206 cm³/mol. The van der Waals surface area contributed by atoms with E-state index in [2.05, 4.69) is 26.2 Å². The van der Waals surface area contributed by atoms with Crippen LogP contribution in [-0.2, 0) is 36.1 Å². The summed E-state index contributed by atoms with van der Waals surface area (Å²) in [5.41, 5.74) is 0.922. The minimum atomic E-state index is -3.56. The Morgan fingerprint density at radius 3 is 2.33 bits per heavy atom. The number of aromatic nitrogens is 3. The Morgan fingerprint density at radius 2 is 1.69 bits per heavy atom. The van der Waals surface area contributed by atoms with Gasteiger partial charge in [0.25, 0.3) is 0 Å². The fourth-order valence-corrected chi connectivity index (χ4v) is 11.4. The van der Waals surface area contributed by atoms with Crippen LogP contribution in [0.4, 0.5) is 14.9 Å². The van der Waals surface area contributed by atoms with Gasteiger partial charge in [-0.1, -0.05) is 23.8 Å². The molecule has 0 N–H and O–H groups in total. The van der Waals surface area contributed by atoms with Crippen LogP contribution in [0.15, 0.2) is 65.8 Å². The molecule has 3 atom stereocenters. The van der Waals surface area contributed by atoms with E-state index in [-0.39, 0.29) is 47.5 Å². The van der Waals surface area contributed by atoms with Crippen molar-refractivity contribution in [1.82, 2.24) is 24.8 Å². The number of piperidine rings is 1. The zero-order valence-corrected chi connectivity index (χ0v) is 33.3. The van der Waals surface area contributed by atoms with Crippen molar-refractivity contribution in [1.29, 1.82) is 0 Å². The number of likely N-dealkylation sites (tertiary alicyclic amines) is 2. The van der Waals surface area contributed by atoms with E-state index in [0.29, 0.717) is 18.9 Å². The number of carbonyl (C=O) groups is 2. The quantitative estimate of drug-likeness (QED) is 0.215. The van der Waals surface area contributed by atoms with Gasteiger partial charge in [0.15, 0.2) is 9.84 Å². The van der Waals surface area contributed by atoms with Gasteiger partial charge >= 0.3 is 12.1 Å². The van der Waals surface area contributed by atoms with Crippen LogP contribution in [0.5, 0.6) is 0 Å². The number of benzene rings is 2. The van der Waals surface area contributed by atoms with Gasteiger partial charge in [-0.2, -0.15) is 0 Å². The average molecular weight is 779 g/mol. The Balaban J connectivity index is 0.971. The van der Waals surface area contributed by atoms with Gasteiger partial charge in [0.1, 0.15) is 16.7 Å². The molecule has 2 aromatic carbocycles. The fourth-order valence-electron chi connectivity index (χ4n) is 9.75. The molecule has 0 bridgehead atoms. The van der Waals surface area contributed by atoms with Crippen molar-refractivity contribution in [3.05, 3.63) is 72.3 Å². The van der Waals surface area contributed by atoms with E-state index < -0.39 is 32.2 Å². The van der Waals surface area contributed by atoms with E-state index >= 15 is 4.39 Å². The van der Waals surface area contributed by atoms with Gasteiger partial charge < -0.3 is 24.2 Å². The third kappa shape index (κ3) is 8.40. The zero-order valence-electron chi connectivity index (χ0n) is 32.5. The largest absolute Gasteiger partial charge is 0.469 e. The Bertz CT molecular complexity index is 1900. The molecule has 4 aliphatic rings. The molecule has 3 saturated heterocycles. The second kappa shape index (κ2) is 15.8. The van der Waals surface area contributed by atoms with Crippen LogP contribution in [0, 0.1) is 29.5 Å². The number of esters is 1. The SMILES string of the molecule is COC(=O)C[C@H]1CCC[C@@H]1[C@](Cn1ccnn1)(c1cccc(F)c1)C1CCN(CC2CN(c3ccc(S(=O)(=O)C4CN(C(=O)OC(C)(C)C)C4)cc3)C2)CC1. The smallest absolute Gasteiger partial charge is 0.410 e. The molecule has 14 heteroatoms. The molecular weight excluding hydrogens is 724 g/mol. The minimum Gasteiger partial charge on any atom is -0.469 e. The number of amides is 1. The summed E-state index contributed by atoms with van der Waals surface area (Å²) in [5, 5.41) is 7.87. The molecule has 4 fully saturated rings. The Hall–Kier alpha value is -4.04. The number of nitrogens with zero attached hydrogens (tertiary/aromatic N) is 6. The summed E-state index contributed by atoms with van der Waals surface area (Å²) < 4.78 is 54.0. The summed E-state index contributed by atoms with van der Waals surface area (Å²) in [4.78, 5) is 31.5. The third-order valence-electron chi connectivity index (χ3n) is 12.5. The Morgan fingerprint density at radius 1 is 0.964 bits per heavy atom. The number of sulfone groups is 1. The molecule has 3 aliphatic heterocycles. The summed E-state index contributed by atoms with van der Waals surface area (Å²) in [5.74, 6) is 0.605. The van der Waals surface area contributed by atoms with Gasteiger partial charge in [0, 0.05) is 62.4 Å². The molecule has 0 radical (unpaired) electrons. The van der Waals surface area contributed by atoms with Gasteiger partial charge in [-0.25, -0.2) is 17.6 Å². The summed E-state index contributed by atoms with van der Waals surface area (Å²) >= 11 is 0. The first kappa shape index (κ1) is 39.2. The fraction of sp³-hybridized carbons (Fsp3) is 0.610. The lowest BCUT2D eigenvalue weighted by Crippen LogP contribution is -2.57. The van der Waals surface area contributed by atoms with Gasteiger partial charge in [0.05, 0.1) is 24.7 Å². The standard InChI is InChI=1S/C41H55FN6O6S/c1-40(2,3)54-39(50)47-26-36(27-47)55(51,52)35-13-11-34(12-14-35)46-24-29(25-46)23-45-18-15-31(16-19-45)41(28-48-20-17-43-44-48,32-8-6-9-33(42)22-32)37-10-5-7-30(37)21-38(49)53-4/h6,8-9,11-14,17,20,22,29-31,36-37H,5,7,10,15-16,18-19,21,23-28H2,1-4H3/t30-,37+,41+/m1/s1. The minimum absolute atomic E-state index is 0.133. The molecule has 1 aliphatic carbocycles. The van der Waals surface area contributed by atoms with Gasteiger partial charge in [-0.3, -0.25) is 9.48 Å². The van der Waals surface area contributed by atoms with Crippen LogP contribution in [0.25, 0.3) is 0 Å². The Labute approximate surface area is 324 Å². The van der Waals surface area contributed by atoms with E-state index in [1.54, 1.807) is 45.2 Å². The predicted octanol–water partition coefficient (Wildman–Crippen LogP) is 5.58.